The Bertz CT molecular complexity index is 1180. The highest BCUT2D eigenvalue weighted by Gasteiger charge is 2.19. The van der Waals surface area contributed by atoms with Crippen molar-refractivity contribution in [1.29, 1.82) is 0 Å². The Morgan fingerprint density at radius 1 is 0.862 bits per heavy atom. The molecule has 1 amide bonds. The van der Waals surface area contributed by atoms with Crippen molar-refractivity contribution in [3.05, 3.63) is 95.3 Å². The third-order valence-corrected chi connectivity index (χ3v) is 4.70. The maximum absolute atomic E-state index is 12.8. The van der Waals surface area contributed by atoms with Gasteiger partial charge >= 0.3 is 0 Å². The lowest BCUT2D eigenvalue weighted by Crippen LogP contribution is -2.14. The molecule has 0 saturated heterocycles. The van der Waals surface area contributed by atoms with Crippen LogP contribution >= 0.6 is 0 Å². The van der Waals surface area contributed by atoms with Crippen LogP contribution in [0.4, 0.5) is 5.69 Å². The Kier molecular flexibility index (Phi) is 4.96. The van der Waals surface area contributed by atoms with Gasteiger partial charge in [-0.15, -0.1) is 5.10 Å². The van der Waals surface area contributed by atoms with Crippen LogP contribution in [0.5, 0.6) is 0 Å². The fourth-order valence-corrected chi connectivity index (χ4v) is 3.30. The highest BCUT2D eigenvalue weighted by molar-refractivity contribution is 6.01. The van der Waals surface area contributed by atoms with E-state index >= 15 is 0 Å². The van der Waals surface area contributed by atoms with Gasteiger partial charge in [-0.25, -0.2) is 9.67 Å². The molecule has 1 aromatic heterocycles. The zero-order valence-electron chi connectivity index (χ0n) is 16.7. The van der Waals surface area contributed by atoms with Gasteiger partial charge in [-0.1, -0.05) is 60.2 Å². The Morgan fingerprint density at radius 2 is 1.62 bits per heavy atom. The van der Waals surface area contributed by atoms with Gasteiger partial charge in [0, 0.05) is 11.3 Å². The molecule has 0 aliphatic heterocycles. The number of aryl methyl sites for hydroxylation is 3. The number of benzene rings is 3. The molecule has 144 valence electrons. The number of hydrogen-bond acceptors (Lipinski definition) is 3. The number of carbonyl (C=O) groups excluding carboxylic acids is 1. The highest BCUT2D eigenvalue weighted by atomic mass is 16.2. The van der Waals surface area contributed by atoms with E-state index in [0.29, 0.717) is 5.82 Å². The van der Waals surface area contributed by atoms with Crippen molar-refractivity contribution < 1.29 is 4.79 Å². The molecule has 0 saturated carbocycles. The molecule has 5 heteroatoms. The monoisotopic (exact) mass is 382 g/mol. The lowest BCUT2D eigenvalue weighted by atomic mass is 10.1. The number of amides is 1. The quantitative estimate of drug-likeness (QED) is 0.533. The topological polar surface area (TPSA) is 59.8 Å². The van der Waals surface area contributed by atoms with Gasteiger partial charge in [0.05, 0.1) is 5.69 Å². The van der Waals surface area contributed by atoms with E-state index < -0.39 is 0 Å². The molecule has 0 aliphatic rings. The van der Waals surface area contributed by atoms with E-state index in [1.54, 1.807) is 4.68 Å². The standard InChI is InChI=1S/C24H22N4O/c1-16-8-7-11-20(15-16)25-24(29)22-26-23(19-9-5-4-6-10-19)28(27-22)21-13-12-17(2)14-18(21)3/h4-15H,1-3H3,(H,25,29). The van der Waals surface area contributed by atoms with E-state index in [4.69, 9.17) is 0 Å². The summed E-state index contributed by atoms with van der Waals surface area (Å²) in [6.45, 7) is 6.07. The molecular weight excluding hydrogens is 360 g/mol. The summed E-state index contributed by atoms with van der Waals surface area (Å²) in [6.07, 6.45) is 0. The van der Waals surface area contributed by atoms with Gasteiger partial charge in [-0.3, -0.25) is 4.79 Å². The smallest absolute Gasteiger partial charge is 0.295 e. The molecule has 0 bridgehead atoms. The molecule has 5 nitrogen and oxygen atoms in total. The summed E-state index contributed by atoms with van der Waals surface area (Å²) in [5.41, 5.74) is 5.83. The zero-order valence-corrected chi connectivity index (χ0v) is 16.7. The van der Waals surface area contributed by atoms with Crippen LogP contribution in [-0.2, 0) is 0 Å². The Balaban J connectivity index is 1.78. The van der Waals surface area contributed by atoms with Crippen molar-refractivity contribution in [2.75, 3.05) is 5.32 Å². The van der Waals surface area contributed by atoms with Crippen LogP contribution in [0.1, 0.15) is 27.3 Å². The third kappa shape index (κ3) is 3.94. The average molecular weight is 382 g/mol. The van der Waals surface area contributed by atoms with Crippen molar-refractivity contribution in [2.45, 2.75) is 20.8 Å². The third-order valence-electron chi connectivity index (χ3n) is 4.70. The van der Waals surface area contributed by atoms with E-state index in [-0.39, 0.29) is 11.7 Å². The first kappa shape index (κ1) is 18.6. The first-order valence-electron chi connectivity index (χ1n) is 9.49. The number of aromatic nitrogens is 3. The Labute approximate surface area is 170 Å². The average Bonchev–Trinajstić information content (AvgIpc) is 3.14. The number of nitrogens with zero attached hydrogens (tertiary/aromatic N) is 3. The van der Waals surface area contributed by atoms with Crippen LogP contribution in [0.3, 0.4) is 0 Å². The maximum atomic E-state index is 12.8. The summed E-state index contributed by atoms with van der Waals surface area (Å²) in [6, 6.07) is 23.6. The van der Waals surface area contributed by atoms with Gasteiger partial charge in [0.2, 0.25) is 5.82 Å². The maximum Gasteiger partial charge on any atom is 0.295 e. The molecule has 0 spiro atoms. The van der Waals surface area contributed by atoms with E-state index in [1.165, 1.54) is 5.56 Å². The molecule has 4 aromatic rings. The number of hydrogen-bond donors (Lipinski definition) is 1. The van der Waals surface area contributed by atoms with Gasteiger partial charge < -0.3 is 5.32 Å². The second-order valence-electron chi connectivity index (χ2n) is 7.15. The minimum absolute atomic E-state index is 0.130. The molecule has 0 fully saturated rings. The molecule has 29 heavy (non-hydrogen) atoms. The summed E-state index contributed by atoms with van der Waals surface area (Å²) in [5, 5.41) is 7.45. The van der Waals surface area contributed by atoms with Gasteiger partial charge in [0.1, 0.15) is 0 Å². The molecule has 1 N–H and O–H groups in total. The Morgan fingerprint density at radius 3 is 2.34 bits per heavy atom. The molecule has 3 aromatic carbocycles. The van der Waals surface area contributed by atoms with Crippen molar-refractivity contribution in [3.63, 3.8) is 0 Å². The predicted molar refractivity (Wildman–Crippen MR) is 115 cm³/mol. The molecule has 0 aliphatic carbocycles. The normalized spacial score (nSPS) is 10.7. The van der Waals surface area contributed by atoms with E-state index in [9.17, 15) is 4.79 Å². The van der Waals surface area contributed by atoms with Gasteiger partial charge in [-0.05, 0) is 50.1 Å². The molecule has 0 unspecified atom stereocenters. The van der Waals surface area contributed by atoms with Crippen LogP contribution in [0, 0.1) is 20.8 Å². The lowest BCUT2D eigenvalue weighted by molar-refractivity contribution is 0.101. The first-order chi connectivity index (χ1) is 14.0. The number of anilines is 1. The SMILES string of the molecule is Cc1cccc(NC(=O)c2nc(-c3ccccc3)n(-c3ccc(C)cc3C)n2)c1. The lowest BCUT2D eigenvalue weighted by Gasteiger charge is -2.09. The minimum atomic E-state index is -0.337. The fourth-order valence-electron chi connectivity index (χ4n) is 3.30. The van der Waals surface area contributed by atoms with Crippen molar-refractivity contribution >= 4 is 11.6 Å². The second kappa shape index (κ2) is 7.72. The van der Waals surface area contributed by atoms with Crippen LogP contribution < -0.4 is 5.32 Å². The number of rotatable bonds is 4. The molecule has 0 radical (unpaired) electrons. The first-order valence-corrected chi connectivity index (χ1v) is 9.49. The minimum Gasteiger partial charge on any atom is -0.319 e. The largest absolute Gasteiger partial charge is 0.319 e. The van der Waals surface area contributed by atoms with Crippen LogP contribution in [0.2, 0.25) is 0 Å². The van der Waals surface area contributed by atoms with Gasteiger partial charge in [0.15, 0.2) is 5.82 Å². The molecule has 4 rings (SSSR count). The summed E-state index contributed by atoms with van der Waals surface area (Å²) < 4.78 is 1.75. The van der Waals surface area contributed by atoms with Crippen molar-refractivity contribution in [2.24, 2.45) is 0 Å². The number of carbonyl (C=O) groups is 1. The van der Waals surface area contributed by atoms with Gasteiger partial charge in [-0.2, -0.15) is 0 Å². The predicted octanol–water partition coefficient (Wildman–Crippen LogP) is 5.11. The molecular formula is C24H22N4O. The number of nitrogens with one attached hydrogen (secondary N) is 1. The molecule has 1 heterocycles. The van der Waals surface area contributed by atoms with E-state index in [0.717, 1.165) is 28.1 Å². The van der Waals surface area contributed by atoms with Crippen LogP contribution in [-0.4, -0.2) is 20.7 Å². The van der Waals surface area contributed by atoms with E-state index in [1.807, 2.05) is 80.6 Å². The van der Waals surface area contributed by atoms with Crippen LogP contribution in [0.15, 0.2) is 72.8 Å². The summed E-state index contributed by atoms with van der Waals surface area (Å²) in [4.78, 5) is 17.4. The molecule has 0 atom stereocenters. The van der Waals surface area contributed by atoms with E-state index in [2.05, 4.69) is 28.4 Å². The zero-order chi connectivity index (χ0) is 20.4. The van der Waals surface area contributed by atoms with Crippen molar-refractivity contribution in [1.82, 2.24) is 14.8 Å². The fraction of sp³-hybridized carbons (Fsp3) is 0.125. The second-order valence-corrected chi connectivity index (χ2v) is 7.15. The van der Waals surface area contributed by atoms with Crippen LogP contribution in [0.25, 0.3) is 17.1 Å². The Hall–Kier alpha value is -3.73. The highest BCUT2D eigenvalue weighted by Crippen LogP contribution is 2.24. The summed E-state index contributed by atoms with van der Waals surface area (Å²) in [5.74, 6) is 0.425. The van der Waals surface area contributed by atoms with Gasteiger partial charge in [0.25, 0.3) is 5.91 Å². The van der Waals surface area contributed by atoms with Crippen molar-refractivity contribution in [3.8, 4) is 17.1 Å². The summed E-state index contributed by atoms with van der Waals surface area (Å²) in [7, 11) is 0. The summed E-state index contributed by atoms with van der Waals surface area (Å²) >= 11 is 0.